The second-order valence-electron chi connectivity index (χ2n) is 7.65. The Balaban J connectivity index is 1.34. The van der Waals surface area contributed by atoms with Crippen LogP contribution in [0.25, 0.3) is 0 Å². The highest BCUT2D eigenvalue weighted by Crippen LogP contribution is 2.37. The second kappa shape index (κ2) is 11.0. The molecule has 176 valence electrons. The molecule has 10 heteroatoms. The number of hydrogen-bond donors (Lipinski definition) is 2. The van der Waals surface area contributed by atoms with E-state index in [-0.39, 0.29) is 5.75 Å². The van der Waals surface area contributed by atoms with Crippen molar-refractivity contribution in [3.8, 4) is 11.8 Å². The maximum atomic E-state index is 12.3. The van der Waals surface area contributed by atoms with Crippen LogP contribution in [0.15, 0.2) is 53.6 Å². The molecule has 0 saturated heterocycles. The number of rotatable bonds is 5. The zero-order valence-corrected chi connectivity index (χ0v) is 19.9. The van der Waals surface area contributed by atoms with Gasteiger partial charge in [0.15, 0.2) is 0 Å². The lowest BCUT2D eigenvalue weighted by atomic mass is 9.96. The zero-order chi connectivity index (χ0) is 24.8. The minimum Gasteiger partial charge on any atom is -0.423 e. The SMILES string of the molecule is N#Cc1c(NC(=O)C(=O)N/N=C/c2cccc(OC(=O)c3ccc(Cl)cc3)c2)sc2c1CCCC2. The number of benzene rings is 2. The molecule has 0 atom stereocenters. The topological polar surface area (TPSA) is 121 Å². The van der Waals surface area contributed by atoms with Crippen molar-refractivity contribution in [2.45, 2.75) is 25.7 Å². The van der Waals surface area contributed by atoms with E-state index in [9.17, 15) is 19.6 Å². The molecular formula is C25H19ClN4O4S. The predicted molar refractivity (Wildman–Crippen MR) is 133 cm³/mol. The standard InChI is InChI=1S/C25H19ClN4O4S/c26-17-10-8-16(9-11-17)25(33)34-18-5-3-4-15(12-18)14-28-30-23(32)22(31)29-24-20(13-27)19-6-1-2-7-21(19)35-24/h3-5,8-12,14H,1-2,6-7H2,(H,29,31)(H,30,32)/b28-14+. The van der Waals surface area contributed by atoms with Gasteiger partial charge in [-0.3, -0.25) is 9.59 Å². The van der Waals surface area contributed by atoms with Crippen LogP contribution < -0.4 is 15.5 Å². The molecule has 0 aliphatic heterocycles. The average Bonchev–Trinajstić information content (AvgIpc) is 3.21. The smallest absolute Gasteiger partial charge is 0.343 e. The number of carbonyl (C=O) groups excluding carboxylic acids is 3. The Morgan fingerprint density at radius 1 is 1.09 bits per heavy atom. The number of anilines is 1. The number of fused-ring (bicyclic) bond motifs is 1. The molecular weight excluding hydrogens is 488 g/mol. The number of nitrogens with zero attached hydrogens (tertiary/aromatic N) is 2. The van der Waals surface area contributed by atoms with Gasteiger partial charge in [0, 0.05) is 9.90 Å². The summed E-state index contributed by atoms with van der Waals surface area (Å²) in [5.74, 6) is -2.15. The van der Waals surface area contributed by atoms with Crippen molar-refractivity contribution in [3.05, 3.63) is 80.7 Å². The highest BCUT2D eigenvalue weighted by Gasteiger charge is 2.23. The number of nitriles is 1. The highest BCUT2D eigenvalue weighted by atomic mass is 35.5. The minimum atomic E-state index is -0.971. The van der Waals surface area contributed by atoms with Crippen molar-refractivity contribution >= 4 is 51.9 Å². The van der Waals surface area contributed by atoms with Crippen LogP contribution in [0.4, 0.5) is 5.00 Å². The fourth-order valence-electron chi connectivity index (χ4n) is 3.56. The number of hydrogen-bond acceptors (Lipinski definition) is 7. The molecule has 1 aliphatic rings. The molecule has 2 N–H and O–H groups in total. The van der Waals surface area contributed by atoms with E-state index >= 15 is 0 Å². The van der Waals surface area contributed by atoms with E-state index < -0.39 is 17.8 Å². The Morgan fingerprint density at radius 3 is 2.63 bits per heavy atom. The third kappa shape index (κ3) is 5.93. The summed E-state index contributed by atoms with van der Waals surface area (Å²) >= 11 is 7.17. The van der Waals surface area contributed by atoms with E-state index in [1.165, 1.54) is 17.6 Å². The summed E-state index contributed by atoms with van der Waals surface area (Å²) in [6.07, 6.45) is 5.03. The lowest BCUT2D eigenvalue weighted by Gasteiger charge is -2.09. The van der Waals surface area contributed by atoms with Gasteiger partial charge in [-0.15, -0.1) is 11.3 Å². The van der Waals surface area contributed by atoms with E-state index in [1.807, 2.05) is 0 Å². The summed E-state index contributed by atoms with van der Waals surface area (Å²) in [7, 11) is 0. The van der Waals surface area contributed by atoms with Gasteiger partial charge in [-0.1, -0.05) is 23.7 Å². The lowest BCUT2D eigenvalue weighted by molar-refractivity contribution is -0.136. The van der Waals surface area contributed by atoms with Gasteiger partial charge in [-0.25, -0.2) is 10.2 Å². The number of ether oxygens (including phenoxy) is 1. The summed E-state index contributed by atoms with van der Waals surface area (Å²) in [5, 5.41) is 16.7. The van der Waals surface area contributed by atoms with Gasteiger partial charge in [0.2, 0.25) is 0 Å². The molecule has 35 heavy (non-hydrogen) atoms. The molecule has 0 saturated carbocycles. The van der Waals surface area contributed by atoms with E-state index in [4.69, 9.17) is 16.3 Å². The molecule has 3 aromatic rings. The van der Waals surface area contributed by atoms with Crippen molar-refractivity contribution < 1.29 is 19.1 Å². The van der Waals surface area contributed by atoms with Crippen LogP contribution in [0.2, 0.25) is 5.02 Å². The number of carbonyl (C=O) groups is 3. The van der Waals surface area contributed by atoms with Crippen molar-refractivity contribution in [2.75, 3.05) is 5.32 Å². The fraction of sp³-hybridized carbons (Fsp3) is 0.160. The van der Waals surface area contributed by atoms with Crippen LogP contribution in [0.1, 0.15) is 44.8 Å². The normalized spacial score (nSPS) is 12.5. The summed E-state index contributed by atoms with van der Waals surface area (Å²) in [6, 6.07) is 14.9. The monoisotopic (exact) mass is 506 g/mol. The van der Waals surface area contributed by atoms with Crippen LogP contribution in [0.3, 0.4) is 0 Å². The summed E-state index contributed by atoms with van der Waals surface area (Å²) in [6.45, 7) is 0. The van der Waals surface area contributed by atoms with Gasteiger partial charge in [0.1, 0.15) is 16.8 Å². The van der Waals surface area contributed by atoms with E-state index in [1.54, 1.807) is 48.5 Å². The molecule has 0 unspecified atom stereocenters. The molecule has 4 rings (SSSR count). The maximum absolute atomic E-state index is 12.3. The third-order valence-corrected chi connectivity index (χ3v) is 6.70. The molecule has 0 bridgehead atoms. The minimum absolute atomic E-state index is 0.281. The number of amides is 2. The Morgan fingerprint density at radius 2 is 1.86 bits per heavy atom. The summed E-state index contributed by atoms with van der Waals surface area (Å²) in [4.78, 5) is 37.8. The molecule has 2 aromatic carbocycles. The Labute approximate surface area is 210 Å². The Kier molecular flexibility index (Phi) is 7.55. The first-order chi connectivity index (χ1) is 16.9. The fourth-order valence-corrected chi connectivity index (χ4v) is 4.92. The van der Waals surface area contributed by atoms with Crippen molar-refractivity contribution in [2.24, 2.45) is 5.10 Å². The average molecular weight is 507 g/mol. The van der Waals surface area contributed by atoms with E-state index in [0.29, 0.717) is 26.7 Å². The molecule has 0 spiro atoms. The molecule has 1 aliphatic carbocycles. The van der Waals surface area contributed by atoms with Gasteiger partial charge in [0.25, 0.3) is 0 Å². The number of hydrazone groups is 1. The van der Waals surface area contributed by atoms with E-state index in [2.05, 4.69) is 21.9 Å². The number of thiophene rings is 1. The zero-order valence-electron chi connectivity index (χ0n) is 18.3. The molecule has 1 heterocycles. The first kappa shape index (κ1) is 24.1. The van der Waals surface area contributed by atoms with Gasteiger partial charge < -0.3 is 10.1 Å². The number of nitrogens with one attached hydrogen (secondary N) is 2. The van der Waals surface area contributed by atoms with Crippen molar-refractivity contribution in [3.63, 3.8) is 0 Å². The van der Waals surface area contributed by atoms with Crippen LogP contribution in [0.5, 0.6) is 5.75 Å². The molecule has 2 amide bonds. The number of halogens is 1. The number of aryl methyl sites for hydroxylation is 1. The van der Waals surface area contributed by atoms with Crippen molar-refractivity contribution in [1.29, 1.82) is 5.26 Å². The van der Waals surface area contributed by atoms with Crippen molar-refractivity contribution in [1.82, 2.24) is 5.43 Å². The van der Waals surface area contributed by atoms with E-state index in [0.717, 1.165) is 36.1 Å². The maximum Gasteiger partial charge on any atom is 0.343 e. The van der Waals surface area contributed by atoms with Gasteiger partial charge >= 0.3 is 17.8 Å². The quantitative estimate of drug-likeness (QED) is 0.174. The molecule has 0 radical (unpaired) electrons. The highest BCUT2D eigenvalue weighted by molar-refractivity contribution is 7.16. The van der Waals surface area contributed by atoms with Crippen LogP contribution in [-0.4, -0.2) is 24.0 Å². The first-order valence-electron chi connectivity index (χ1n) is 10.7. The van der Waals surface area contributed by atoms with Crippen LogP contribution in [-0.2, 0) is 22.4 Å². The summed E-state index contributed by atoms with van der Waals surface area (Å²) < 4.78 is 5.35. The predicted octanol–water partition coefficient (Wildman–Crippen LogP) is 4.46. The van der Waals surface area contributed by atoms with Gasteiger partial charge in [0.05, 0.1) is 17.3 Å². The molecule has 0 fully saturated rings. The number of esters is 1. The van der Waals surface area contributed by atoms with Gasteiger partial charge in [-0.2, -0.15) is 10.4 Å². The summed E-state index contributed by atoms with van der Waals surface area (Å²) in [5.41, 5.74) is 4.44. The third-order valence-electron chi connectivity index (χ3n) is 5.24. The lowest BCUT2D eigenvalue weighted by Crippen LogP contribution is -2.32. The van der Waals surface area contributed by atoms with Crippen LogP contribution in [0, 0.1) is 11.3 Å². The van der Waals surface area contributed by atoms with Gasteiger partial charge in [-0.05, 0) is 73.2 Å². The second-order valence-corrected chi connectivity index (χ2v) is 9.19. The molecule has 1 aromatic heterocycles. The Hall–Kier alpha value is -4.00. The Bertz CT molecular complexity index is 1360. The molecule has 8 nitrogen and oxygen atoms in total. The van der Waals surface area contributed by atoms with Crippen LogP contribution >= 0.6 is 22.9 Å². The first-order valence-corrected chi connectivity index (χ1v) is 11.9. The largest absolute Gasteiger partial charge is 0.423 e.